The monoisotopic (exact) mass is 314 g/mol. The van der Waals surface area contributed by atoms with Crippen molar-refractivity contribution >= 4 is 23.1 Å². The van der Waals surface area contributed by atoms with E-state index in [0.717, 1.165) is 41.2 Å². The third-order valence-electron chi connectivity index (χ3n) is 2.47. The third kappa shape index (κ3) is 4.82. The van der Waals surface area contributed by atoms with E-state index in [9.17, 15) is 0 Å². The molecule has 1 N–H and O–H groups in total. The second kappa shape index (κ2) is 8.30. The molecule has 2 aromatic heterocycles. The fraction of sp³-hybridized carbons (Fsp3) is 0.636. The van der Waals surface area contributed by atoms with Crippen molar-refractivity contribution in [3.63, 3.8) is 0 Å². The second-order valence-electron chi connectivity index (χ2n) is 4.10. The number of nitrogens with zero attached hydrogens (tertiary/aromatic N) is 5. The van der Waals surface area contributed by atoms with Crippen molar-refractivity contribution in [2.75, 3.05) is 26.8 Å². The Morgan fingerprint density at radius 1 is 1.45 bits per heavy atom. The van der Waals surface area contributed by atoms with Crippen LogP contribution in [0.2, 0.25) is 0 Å². The molecule has 0 bridgehead atoms. The maximum Gasteiger partial charge on any atom is 0.209 e. The largest absolute Gasteiger partial charge is 0.383 e. The lowest BCUT2D eigenvalue weighted by atomic mass is 10.6. The molecule has 0 aliphatic heterocycles. The highest BCUT2D eigenvalue weighted by Crippen LogP contribution is 2.21. The van der Waals surface area contributed by atoms with E-state index in [4.69, 9.17) is 4.74 Å². The second-order valence-corrected chi connectivity index (χ2v) is 5.98. The molecule has 0 aromatic carbocycles. The summed E-state index contributed by atoms with van der Waals surface area (Å²) in [4.78, 5) is 4.43. The number of rotatable bonds is 9. The van der Waals surface area contributed by atoms with Gasteiger partial charge in [-0.05, 0) is 17.4 Å². The molecule has 0 amide bonds. The molecule has 110 valence electrons. The molecule has 20 heavy (non-hydrogen) atoms. The predicted octanol–water partition coefficient (Wildman–Crippen LogP) is 0.966. The fourth-order valence-electron chi connectivity index (χ4n) is 1.52. The van der Waals surface area contributed by atoms with Crippen molar-refractivity contribution in [3.05, 3.63) is 16.1 Å². The Morgan fingerprint density at radius 2 is 2.35 bits per heavy atom. The highest BCUT2D eigenvalue weighted by Gasteiger charge is 2.08. The van der Waals surface area contributed by atoms with E-state index < -0.39 is 0 Å². The molecule has 0 fully saturated rings. The van der Waals surface area contributed by atoms with Crippen LogP contribution < -0.4 is 5.32 Å². The first-order valence-corrected chi connectivity index (χ1v) is 8.15. The molecule has 0 spiro atoms. The molecule has 0 atom stereocenters. The molecular weight excluding hydrogens is 296 g/mol. The Hall–Kier alpha value is -1.03. The highest BCUT2D eigenvalue weighted by molar-refractivity contribution is 7.98. The van der Waals surface area contributed by atoms with E-state index in [1.165, 1.54) is 0 Å². The number of nitrogens with one attached hydrogen (secondary N) is 1. The summed E-state index contributed by atoms with van der Waals surface area (Å²) in [5, 5.41) is 19.0. The first-order valence-electron chi connectivity index (χ1n) is 6.29. The molecule has 7 nitrogen and oxygen atoms in total. The minimum atomic E-state index is 0.709. The molecule has 0 saturated carbocycles. The quantitative estimate of drug-likeness (QED) is 0.546. The van der Waals surface area contributed by atoms with Crippen LogP contribution in [0.4, 0.5) is 0 Å². The zero-order chi connectivity index (χ0) is 14.2. The summed E-state index contributed by atoms with van der Waals surface area (Å²) in [6, 6.07) is 0. The van der Waals surface area contributed by atoms with Gasteiger partial charge in [-0.1, -0.05) is 11.8 Å². The van der Waals surface area contributed by atoms with Crippen LogP contribution in [0.3, 0.4) is 0 Å². The van der Waals surface area contributed by atoms with Crippen molar-refractivity contribution in [3.8, 4) is 0 Å². The number of thioether (sulfide) groups is 1. The van der Waals surface area contributed by atoms with E-state index in [1.807, 2.05) is 11.6 Å². The molecule has 2 heterocycles. The number of hydrogen-bond donors (Lipinski definition) is 1. The summed E-state index contributed by atoms with van der Waals surface area (Å²) in [7, 11) is 1.69. The molecule has 0 unspecified atom stereocenters. The van der Waals surface area contributed by atoms with Crippen LogP contribution in [0.25, 0.3) is 0 Å². The van der Waals surface area contributed by atoms with Gasteiger partial charge < -0.3 is 10.1 Å². The van der Waals surface area contributed by atoms with Gasteiger partial charge in [0, 0.05) is 31.3 Å². The molecule has 0 saturated heterocycles. The van der Waals surface area contributed by atoms with Gasteiger partial charge in [0.2, 0.25) is 5.16 Å². The molecule has 0 aliphatic rings. The number of thiazole rings is 1. The average molecular weight is 314 g/mol. The SMILES string of the molecule is COCCNCCn1nnnc1SCc1nc(C)cs1. The fourth-order valence-corrected chi connectivity index (χ4v) is 3.21. The standard InChI is InChI=1S/C11H18N6OS2/c1-9-7-19-10(13-9)8-20-11-14-15-16-17(11)5-3-12-4-6-18-2/h7,12H,3-6,8H2,1-2H3. The summed E-state index contributed by atoms with van der Waals surface area (Å²) in [5.74, 6) is 0.802. The summed E-state index contributed by atoms with van der Waals surface area (Å²) in [6.45, 7) is 5.11. The Morgan fingerprint density at radius 3 is 3.10 bits per heavy atom. The molecule has 0 radical (unpaired) electrons. The molecule has 0 aliphatic carbocycles. The van der Waals surface area contributed by atoms with Crippen LogP contribution in [-0.4, -0.2) is 52.0 Å². The van der Waals surface area contributed by atoms with Crippen molar-refractivity contribution in [2.45, 2.75) is 24.4 Å². The van der Waals surface area contributed by atoms with Crippen LogP contribution >= 0.6 is 23.1 Å². The minimum absolute atomic E-state index is 0.709. The topological polar surface area (TPSA) is 77.8 Å². The predicted molar refractivity (Wildman–Crippen MR) is 79.0 cm³/mol. The van der Waals surface area contributed by atoms with Crippen LogP contribution in [0, 0.1) is 6.92 Å². The van der Waals surface area contributed by atoms with Gasteiger partial charge in [-0.2, -0.15) is 0 Å². The van der Waals surface area contributed by atoms with E-state index >= 15 is 0 Å². The highest BCUT2D eigenvalue weighted by atomic mass is 32.2. The molecule has 2 rings (SSSR count). The normalized spacial score (nSPS) is 11.1. The average Bonchev–Trinajstić information content (AvgIpc) is 3.05. The lowest BCUT2D eigenvalue weighted by Crippen LogP contribution is -2.24. The van der Waals surface area contributed by atoms with Gasteiger partial charge in [-0.25, -0.2) is 9.67 Å². The van der Waals surface area contributed by atoms with Crippen molar-refractivity contribution < 1.29 is 4.74 Å². The van der Waals surface area contributed by atoms with Gasteiger partial charge in [0.05, 0.1) is 18.9 Å². The summed E-state index contributed by atoms with van der Waals surface area (Å²) >= 11 is 3.28. The van der Waals surface area contributed by atoms with Gasteiger partial charge in [0.25, 0.3) is 0 Å². The van der Waals surface area contributed by atoms with Gasteiger partial charge >= 0.3 is 0 Å². The number of aromatic nitrogens is 5. The molecule has 2 aromatic rings. The smallest absolute Gasteiger partial charge is 0.209 e. The lowest BCUT2D eigenvalue weighted by molar-refractivity contribution is 0.199. The maximum atomic E-state index is 4.97. The van der Waals surface area contributed by atoms with Gasteiger partial charge in [0.1, 0.15) is 5.01 Å². The Labute approximate surface area is 126 Å². The van der Waals surface area contributed by atoms with Crippen molar-refractivity contribution in [2.24, 2.45) is 0 Å². The van der Waals surface area contributed by atoms with Crippen molar-refractivity contribution in [1.82, 2.24) is 30.5 Å². The van der Waals surface area contributed by atoms with Crippen LogP contribution in [-0.2, 0) is 17.0 Å². The lowest BCUT2D eigenvalue weighted by Gasteiger charge is -2.05. The Balaban J connectivity index is 1.76. The Bertz CT molecular complexity index is 514. The summed E-state index contributed by atoms with van der Waals surface area (Å²) in [6.07, 6.45) is 0. The van der Waals surface area contributed by atoms with Gasteiger partial charge in [0.15, 0.2) is 0 Å². The zero-order valence-corrected chi connectivity index (χ0v) is 13.2. The molecular formula is C11H18N6OS2. The van der Waals surface area contributed by atoms with E-state index in [0.29, 0.717) is 6.61 Å². The van der Waals surface area contributed by atoms with Crippen LogP contribution in [0.5, 0.6) is 0 Å². The number of tetrazole rings is 1. The van der Waals surface area contributed by atoms with Crippen LogP contribution in [0.1, 0.15) is 10.7 Å². The number of hydrogen-bond acceptors (Lipinski definition) is 8. The molecule has 9 heteroatoms. The van der Waals surface area contributed by atoms with Gasteiger partial charge in [-0.3, -0.25) is 0 Å². The summed E-state index contributed by atoms with van der Waals surface area (Å²) in [5.41, 5.74) is 1.06. The first-order chi connectivity index (χ1) is 9.79. The number of ether oxygens (including phenoxy) is 1. The summed E-state index contributed by atoms with van der Waals surface area (Å²) < 4.78 is 6.78. The van der Waals surface area contributed by atoms with E-state index in [1.54, 1.807) is 30.2 Å². The van der Waals surface area contributed by atoms with Gasteiger partial charge in [-0.15, -0.1) is 16.4 Å². The zero-order valence-electron chi connectivity index (χ0n) is 11.6. The maximum absolute atomic E-state index is 4.97. The van der Waals surface area contributed by atoms with Crippen LogP contribution in [0.15, 0.2) is 10.5 Å². The minimum Gasteiger partial charge on any atom is -0.383 e. The third-order valence-corrected chi connectivity index (χ3v) is 4.59. The van der Waals surface area contributed by atoms with E-state index in [-0.39, 0.29) is 0 Å². The van der Waals surface area contributed by atoms with E-state index in [2.05, 4.69) is 31.2 Å². The Kier molecular flexibility index (Phi) is 6.37. The number of aryl methyl sites for hydroxylation is 1. The van der Waals surface area contributed by atoms with Crippen molar-refractivity contribution in [1.29, 1.82) is 0 Å². The first kappa shape index (κ1) is 15.4. The number of methoxy groups -OCH3 is 1.